The first-order valence-corrected chi connectivity index (χ1v) is 14.1. The fourth-order valence-electron chi connectivity index (χ4n) is 6.96. The van der Waals surface area contributed by atoms with Crippen molar-refractivity contribution >= 4 is 29.7 Å². The van der Waals surface area contributed by atoms with E-state index in [1.165, 1.54) is 6.92 Å². The maximum atomic E-state index is 12.9. The number of ether oxygens (including phenoxy) is 5. The zero-order chi connectivity index (χ0) is 31.3. The molecule has 1 aromatic carbocycles. The highest BCUT2D eigenvalue weighted by atomic mass is 16.6. The van der Waals surface area contributed by atoms with Crippen molar-refractivity contribution in [1.82, 2.24) is 4.90 Å². The van der Waals surface area contributed by atoms with Crippen LogP contribution in [0.4, 0.5) is 0 Å². The van der Waals surface area contributed by atoms with Gasteiger partial charge in [0.2, 0.25) is 6.10 Å². The second-order valence-corrected chi connectivity index (χ2v) is 11.6. The van der Waals surface area contributed by atoms with Crippen LogP contribution in [0.25, 0.3) is 0 Å². The number of ketones is 1. The number of aliphatic hydroxyl groups is 1. The van der Waals surface area contributed by atoms with Crippen LogP contribution in [0, 0.1) is 0 Å². The van der Waals surface area contributed by atoms with E-state index in [4.69, 9.17) is 28.8 Å². The SMILES string of the molecule is COc1ccc2c3c1O[C@H]1C(OC(=O)CCC(=O)O[C@@H](C)C(=O)O[C@@H](CC(C)=O)C(=O)O)=CC[C@@]4(O)[C@@H](C2)N(C)CC[C@]314. The maximum Gasteiger partial charge on any atom is 0.348 e. The summed E-state index contributed by atoms with van der Waals surface area (Å²) in [6.07, 6.45) is -2.16. The van der Waals surface area contributed by atoms with Crippen molar-refractivity contribution in [2.75, 3.05) is 20.7 Å². The van der Waals surface area contributed by atoms with Gasteiger partial charge in [-0.3, -0.25) is 14.4 Å². The molecule has 2 N–H and O–H groups in total. The van der Waals surface area contributed by atoms with Crippen molar-refractivity contribution in [2.45, 2.75) is 87.7 Å². The standard InChI is InChI=1S/C30H35NO12/c1-15(32)13-20(27(35)36)42-28(37)16(2)40-22(33)7-8-23(34)41-19-9-10-30(38)21-14-17-5-6-18(39-4)25-24(17)29(30,26(19)43-25)11-12-31(21)3/h5-6,9,16,20-21,26,38H,7-8,10-14H2,1-4H3,(H,35,36)/t16-,20-,21+,26-,29-,30+/m0/s1. The van der Waals surface area contributed by atoms with E-state index >= 15 is 0 Å². The Morgan fingerprint density at radius 3 is 2.53 bits per heavy atom. The van der Waals surface area contributed by atoms with Gasteiger partial charge in [-0.15, -0.1) is 0 Å². The molecular weight excluding hydrogens is 566 g/mol. The largest absolute Gasteiger partial charge is 0.493 e. The molecule has 1 aromatic rings. The molecule has 0 radical (unpaired) electrons. The summed E-state index contributed by atoms with van der Waals surface area (Å²) in [6, 6.07) is 3.67. The summed E-state index contributed by atoms with van der Waals surface area (Å²) in [5.74, 6) is -3.47. The number of esters is 3. The molecule has 6 atom stereocenters. The lowest BCUT2D eigenvalue weighted by Crippen LogP contribution is -2.74. The van der Waals surface area contributed by atoms with Crippen molar-refractivity contribution < 1.29 is 57.9 Å². The predicted molar refractivity (Wildman–Crippen MR) is 145 cm³/mol. The Morgan fingerprint density at radius 1 is 1.14 bits per heavy atom. The second kappa shape index (κ2) is 11.3. The van der Waals surface area contributed by atoms with E-state index < -0.39 is 71.8 Å². The van der Waals surface area contributed by atoms with Gasteiger partial charge in [0.15, 0.2) is 23.7 Å². The van der Waals surface area contributed by atoms with Gasteiger partial charge in [0.25, 0.3) is 0 Å². The summed E-state index contributed by atoms with van der Waals surface area (Å²) in [6.45, 7) is 3.05. The molecule has 0 saturated carbocycles. The van der Waals surface area contributed by atoms with Crippen molar-refractivity contribution in [1.29, 1.82) is 0 Å². The summed E-state index contributed by atoms with van der Waals surface area (Å²) < 4.78 is 27.5. The minimum absolute atomic E-state index is 0.163. The number of nitrogens with zero attached hydrogens (tertiary/aromatic N) is 1. The summed E-state index contributed by atoms with van der Waals surface area (Å²) in [4.78, 5) is 62.1. The minimum atomic E-state index is -1.70. The molecule has 43 heavy (non-hydrogen) atoms. The number of methoxy groups -OCH3 is 1. The predicted octanol–water partition coefficient (Wildman–Crippen LogP) is 1.20. The highest BCUT2D eigenvalue weighted by molar-refractivity contribution is 5.87. The molecule has 1 fully saturated rings. The zero-order valence-electron chi connectivity index (χ0n) is 24.4. The third-order valence-corrected chi connectivity index (χ3v) is 8.97. The van der Waals surface area contributed by atoms with Crippen LogP contribution in [0.2, 0.25) is 0 Å². The normalized spacial score (nSPS) is 27.9. The smallest absolute Gasteiger partial charge is 0.348 e. The molecule has 1 spiro atoms. The molecule has 5 rings (SSSR count). The number of piperidine rings is 1. The number of carboxylic acid groups (broad SMARTS) is 1. The Hall–Kier alpha value is -3.97. The molecule has 0 aromatic heterocycles. The number of aliphatic carboxylic acids is 1. The zero-order valence-corrected chi connectivity index (χ0v) is 24.4. The Kier molecular flexibility index (Phi) is 7.99. The Balaban J connectivity index is 1.24. The molecule has 0 unspecified atom stereocenters. The first-order valence-electron chi connectivity index (χ1n) is 14.1. The van der Waals surface area contributed by atoms with E-state index in [1.807, 2.05) is 19.2 Å². The van der Waals surface area contributed by atoms with E-state index in [9.17, 15) is 29.1 Å². The minimum Gasteiger partial charge on any atom is -0.493 e. The van der Waals surface area contributed by atoms with Crippen LogP contribution < -0.4 is 9.47 Å². The van der Waals surface area contributed by atoms with Gasteiger partial charge in [0, 0.05) is 18.0 Å². The van der Waals surface area contributed by atoms with Gasteiger partial charge in [-0.2, -0.15) is 0 Å². The van der Waals surface area contributed by atoms with Crippen LogP contribution in [-0.2, 0) is 50.0 Å². The molecule has 2 heterocycles. The van der Waals surface area contributed by atoms with E-state index in [-0.39, 0.29) is 24.6 Å². The highest BCUT2D eigenvalue weighted by Crippen LogP contribution is 2.65. The molecule has 2 bridgehead atoms. The van der Waals surface area contributed by atoms with Crippen LogP contribution >= 0.6 is 0 Å². The van der Waals surface area contributed by atoms with Gasteiger partial charge in [-0.25, -0.2) is 9.59 Å². The molecule has 0 amide bonds. The van der Waals surface area contributed by atoms with Crippen molar-refractivity contribution in [2.24, 2.45) is 0 Å². The van der Waals surface area contributed by atoms with Crippen molar-refractivity contribution in [3.8, 4) is 11.5 Å². The van der Waals surface area contributed by atoms with Gasteiger partial charge in [-0.1, -0.05) is 6.07 Å². The lowest BCUT2D eigenvalue weighted by molar-refractivity contribution is -0.177. The van der Waals surface area contributed by atoms with Crippen LogP contribution in [-0.4, -0.2) is 95.4 Å². The Labute approximate surface area is 247 Å². The van der Waals surface area contributed by atoms with E-state index in [1.54, 1.807) is 13.2 Å². The summed E-state index contributed by atoms with van der Waals surface area (Å²) in [7, 11) is 3.53. The van der Waals surface area contributed by atoms with Crippen LogP contribution in [0.3, 0.4) is 0 Å². The number of benzene rings is 1. The number of carboxylic acids is 1. The fourth-order valence-corrected chi connectivity index (χ4v) is 6.96. The number of carbonyl (C=O) groups is 5. The fraction of sp³-hybridized carbons (Fsp3) is 0.567. The number of hydrogen-bond acceptors (Lipinski definition) is 12. The summed E-state index contributed by atoms with van der Waals surface area (Å²) in [5.41, 5.74) is -0.0671. The highest BCUT2D eigenvalue weighted by Gasteiger charge is 2.72. The van der Waals surface area contributed by atoms with Crippen LogP contribution in [0.15, 0.2) is 24.0 Å². The van der Waals surface area contributed by atoms with Crippen molar-refractivity contribution in [3.05, 3.63) is 35.1 Å². The first-order chi connectivity index (χ1) is 20.3. The molecule has 2 aliphatic heterocycles. The molecule has 13 heteroatoms. The average molecular weight is 602 g/mol. The van der Waals surface area contributed by atoms with Gasteiger partial charge in [0.1, 0.15) is 11.5 Å². The van der Waals surface area contributed by atoms with Gasteiger partial charge >= 0.3 is 23.9 Å². The number of hydrogen-bond donors (Lipinski definition) is 2. The molecular formula is C30H35NO12. The monoisotopic (exact) mass is 601 g/mol. The Morgan fingerprint density at radius 2 is 1.86 bits per heavy atom. The second-order valence-electron chi connectivity index (χ2n) is 11.6. The van der Waals surface area contributed by atoms with Gasteiger partial charge in [0.05, 0.1) is 37.4 Å². The van der Waals surface area contributed by atoms with E-state index in [2.05, 4.69) is 4.90 Å². The third-order valence-electron chi connectivity index (χ3n) is 8.97. The number of carbonyl (C=O) groups excluding carboxylic acids is 4. The molecule has 1 saturated heterocycles. The maximum absolute atomic E-state index is 12.9. The van der Waals surface area contributed by atoms with Gasteiger partial charge < -0.3 is 38.8 Å². The van der Waals surface area contributed by atoms with Crippen LogP contribution in [0.5, 0.6) is 11.5 Å². The molecule has 13 nitrogen and oxygen atoms in total. The third kappa shape index (κ3) is 5.03. The topological polar surface area (TPSA) is 175 Å². The first kappa shape index (κ1) is 30.5. The van der Waals surface area contributed by atoms with Gasteiger partial charge in [-0.05, 0) is 58.0 Å². The Bertz CT molecular complexity index is 1400. The molecule has 2 aliphatic carbocycles. The quantitative estimate of drug-likeness (QED) is 0.274. The van der Waals surface area contributed by atoms with Crippen molar-refractivity contribution in [3.63, 3.8) is 0 Å². The lowest BCUT2D eigenvalue weighted by Gasteiger charge is -2.61. The van der Waals surface area contributed by atoms with Crippen LogP contribution in [0.1, 0.15) is 57.1 Å². The number of rotatable bonds is 11. The average Bonchev–Trinajstić information content (AvgIpc) is 3.30. The lowest BCUT2D eigenvalue weighted by atomic mass is 9.50. The van der Waals surface area contributed by atoms with E-state index in [0.717, 1.165) is 18.1 Å². The summed E-state index contributed by atoms with van der Waals surface area (Å²) in [5, 5.41) is 21.4. The number of likely N-dealkylation sites (tertiary alicyclic amines) is 1. The number of Topliss-reactive ketones (excluding diaryl/α,β-unsaturated/α-hetero) is 1. The molecule has 232 valence electrons. The van der Waals surface area contributed by atoms with E-state index in [0.29, 0.717) is 30.9 Å². The summed E-state index contributed by atoms with van der Waals surface area (Å²) >= 11 is 0. The molecule has 4 aliphatic rings. The number of likely N-dealkylation sites (N-methyl/N-ethyl adjacent to an activating group) is 1.